The fourth-order valence-corrected chi connectivity index (χ4v) is 5.17. The summed E-state index contributed by atoms with van der Waals surface area (Å²) in [4.78, 5) is 4.89. The zero-order valence-corrected chi connectivity index (χ0v) is 19.6. The van der Waals surface area contributed by atoms with Gasteiger partial charge in [-0.3, -0.25) is 0 Å². The van der Waals surface area contributed by atoms with Crippen molar-refractivity contribution in [2.45, 2.75) is 65.1 Å². The number of rotatable bonds is 6. The minimum atomic E-state index is 0. The molecule has 0 aromatic heterocycles. The van der Waals surface area contributed by atoms with Crippen LogP contribution < -0.4 is 15.4 Å². The van der Waals surface area contributed by atoms with E-state index in [1.54, 1.807) is 0 Å². The van der Waals surface area contributed by atoms with Crippen LogP contribution in [-0.2, 0) is 11.3 Å². The van der Waals surface area contributed by atoms with Crippen LogP contribution in [0, 0.1) is 18.3 Å². The molecule has 3 unspecified atom stereocenters. The Kier molecular flexibility index (Phi) is 7.12. The average molecular weight is 499 g/mol. The summed E-state index contributed by atoms with van der Waals surface area (Å²) >= 11 is 0. The molecule has 6 heteroatoms. The van der Waals surface area contributed by atoms with Crippen LogP contribution in [0.15, 0.2) is 23.2 Å². The number of aliphatic imine (C=N–C) groups is 1. The second-order valence-electron chi connectivity index (χ2n) is 8.19. The van der Waals surface area contributed by atoms with Gasteiger partial charge in [-0.25, -0.2) is 4.99 Å². The van der Waals surface area contributed by atoms with Crippen LogP contribution >= 0.6 is 24.0 Å². The molecule has 0 radical (unpaired) electrons. The Balaban J connectivity index is 0.00000225. The van der Waals surface area contributed by atoms with Crippen molar-refractivity contribution >= 4 is 29.9 Å². The number of hydrogen-bond donors (Lipinski definition) is 2. The third kappa shape index (κ3) is 3.86. The second-order valence-corrected chi connectivity index (χ2v) is 8.19. The average Bonchev–Trinajstić information content (AvgIpc) is 3.02. The van der Waals surface area contributed by atoms with Crippen molar-refractivity contribution in [2.24, 2.45) is 16.3 Å². The van der Waals surface area contributed by atoms with Gasteiger partial charge < -0.3 is 20.1 Å². The quantitative estimate of drug-likeness (QED) is 0.353. The van der Waals surface area contributed by atoms with Gasteiger partial charge in [-0.1, -0.05) is 18.6 Å². The molecule has 3 aliphatic rings. The smallest absolute Gasteiger partial charge is 0.191 e. The van der Waals surface area contributed by atoms with Crippen LogP contribution in [0.1, 0.15) is 50.7 Å². The van der Waals surface area contributed by atoms with E-state index < -0.39 is 0 Å². The number of guanidine groups is 1. The first-order valence-corrected chi connectivity index (χ1v) is 10.6. The molecule has 1 saturated heterocycles. The van der Waals surface area contributed by atoms with Crippen molar-refractivity contribution in [3.63, 3.8) is 0 Å². The lowest BCUT2D eigenvalue weighted by molar-refractivity contribution is -0.171. The maximum absolute atomic E-state index is 6.05. The summed E-state index contributed by atoms with van der Waals surface area (Å²) in [5, 5.41) is 7.21. The topological polar surface area (TPSA) is 54.9 Å². The molecule has 156 valence electrons. The molecule has 1 aliphatic heterocycles. The Morgan fingerprint density at radius 3 is 2.82 bits per heavy atom. The van der Waals surface area contributed by atoms with E-state index in [-0.39, 0.29) is 24.0 Å². The van der Waals surface area contributed by atoms with Gasteiger partial charge in [0, 0.05) is 36.1 Å². The van der Waals surface area contributed by atoms with Crippen molar-refractivity contribution < 1.29 is 9.47 Å². The molecule has 5 nitrogen and oxygen atoms in total. The van der Waals surface area contributed by atoms with Gasteiger partial charge in [-0.05, 0) is 51.7 Å². The first kappa shape index (κ1) is 21.7. The van der Waals surface area contributed by atoms with E-state index in [1.807, 2.05) is 6.92 Å². The van der Waals surface area contributed by atoms with Gasteiger partial charge in [0.1, 0.15) is 5.75 Å². The van der Waals surface area contributed by atoms with E-state index >= 15 is 0 Å². The Morgan fingerprint density at radius 2 is 2.14 bits per heavy atom. The number of ether oxygens (including phenoxy) is 2. The predicted octanol–water partition coefficient (Wildman–Crippen LogP) is 4.02. The molecule has 4 rings (SSSR count). The van der Waals surface area contributed by atoms with Crippen molar-refractivity contribution in [3.05, 3.63) is 29.3 Å². The van der Waals surface area contributed by atoms with E-state index in [9.17, 15) is 0 Å². The fraction of sp³-hybridized carbons (Fsp3) is 0.682. The SMILES string of the molecule is CCNC(=NCc1ccc(C)cc1OCC)NC1C2CCOC2C12CCC2.I. The summed E-state index contributed by atoms with van der Waals surface area (Å²) in [5.41, 5.74) is 2.70. The Morgan fingerprint density at radius 1 is 1.32 bits per heavy atom. The fourth-order valence-electron chi connectivity index (χ4n) is 5.17. The molecule has 3 atom stereocenters. The van der Waals surface area contributed by atoms with Crippen LogP contribution in [0.2, 0.25) is 0 Å². The minimum Gasteiger partial charge on any atom is -0.494 e. The molecule has 0 bridgehead atoms. The summed E-state index contributed by atoms with van der Waals surface area (Å²) in [6.45, 7) is 9.32. The van der Waals surface area contributed by atoms with Crippen LogP contribution in [-0.4, -0.2) is 37.9 Å². The van der Waals surface area contributed by atoms with Crippen molar-refractivity contribution in [1.29, 1.82) is 0 Å². The molecule has 1 spiro atoms. The van der Waals surface area contributed by atoms with Crippen LogP contribution in [0.5, 0.6) is 5.75 Å². The number of nitrogens with one attached hydrogen (secondary N) is 2. The zero-order valence-electron chi connectivity index (χ0n) is 17.3. The van der Waals surface area contributed by atoms with Crippen molar-refractivity contribution in [1.82, 2.24) is 10.6 Å². The van der Waals surface area contributed by atoms with Gasteiger partial charge in [0.15, 0.2) is 5.96 Å². The zero-order chi connectivity index (χ0) is 18.9. The molecular formula is C22H34IN3O2. The van der Waals surface area contributed by atoms with Gasteiger partial charge in [-0.15, -0.1) is 24.0 Å². The van der Waals surface area contributed by atoms with Crippen LogP contribution in [0.3, 0.4) is 0 Å². The number of halogens is 1. The van der Waals surface area contributed by atoms with Crippen LogP contribution in [0.4, 0.5) is 0 Å². The van der Waals surface area contributed by atoms with E-state index in [0.29, 0.717) is 36.6 Å². The van der Waals surface area contributed by atoms with Gasteiger partial charge in [-0.2, -0.15) is 0 Å². The Labute approximate surface area is 186 Å². The second kappa shape index (κ2) is 9.20. The molecule has 1 aromatic carbocycles. The summed E-state index contributed by atoms with van der Waals surface area (Å²) in [6, 6.07) is 6.86. The van der Waals surface area contributed by atoms with Crippen LogP contribution in [0.25, 0.3) is 0 Å². The number of benzene rings is 1. The van der Waals surface area contributed by atoms with Gasteiger partial charge >= 0.3 is 0 Å². The molecule has 2 saturated carbocycles. The molecule has 2 N–H and O–H groups in total. The number of hydrogen-bond acceptors (Lipinski definition) is 3. The normalized spacial score (nSPS) is 27.2. The Hall–Kier alpha value is -1.02. The van der Waals surface area contributed by atoms with E-state index in [4.69, 9.17) is 14.5 Å². The molecule has 3 fully saturated rings. The third-order valence-corrected chi connectivity index (χ3v) is 6.60. The largest absolute Gasteiger partial charge is 0.494 e. The summed E-state index contributed by atoms with van der Waals surface area (Å²) in [6.07, 6.45) is 5.57. The highest BCUT2D eigenvalue weighted by atomic mass is 127. The standard InChI is InChI=1S/C22H33N3O2.HI/c1-4-23-21(24-14-16-8-7-15(3)13-18(16)26-5-2)25-19-17-9-12-27-20(17)22(19)10-6-11-22;/h7-8,13,17,19-20H,4-6,9-12,14H2,1-3H3,(H2,23,24,25);1H. The third-order valence-electron chi connectivity index (χ3n) is 6.60. The number of fused-ring (bicyclic) bond motifs is 2. The lowest BCUT2D eigenvalue weighted by Crippen LogP contribution is -2.72. The van der Waals surface area contributed by atoms with Crippen molar-refractivity contribution in [2.75, 3.05) is 19.8 Å². The van der Waals surface area contributed by atoms with Gasteiger partial charge in [0.2, 0.25) is 0 Å². The maximum Gasteiger partial charge on any atom is 0.191 e. The first-order valence-electron chi connectivity index (χ1n) is 10.6. The van der Waals surface area contributed by atoms with E-state index in [1.165, 1.54) is 31.2 Å². The van der Waals surface area contributed by atoms with E-state index in [2.05, 4.69) is 42.7 Å². The molecule has 2 aliphatic carbocycles. The highest BCUT2D eigenvalue weighted by Gasteiger charge is 2.66. The first-order chi connectivity index (χ1) is 13.2. The lowest BCUT2D eigenvalue weighted by atomic mass is 9.46. The van der Waals surface area contributed by atoms with Crippen molar-refractivity contribution in [3.8, 4) is 5.75 Å². The molecule has 1 aromatic rings. The summed E-state index contributed by atoms with van der Waals surface area (Å²) in [5.74, 6) is 2.51. The highest BCUT2D eigenvalue weighted by molar-refractivity contribution is 14.0. The van der Waals surface area contributed by atoms with Gasteiger partial charge in [0.05, 0.1) is 19.3 Å². The van der Waals surface area contributed by atoms with Gasteiger partial charge in [0.25, 0.3) is 0 Å². The summed E-state index contributed by atoms with van der Waals surface area (Å²) < 4.78 is 11.9. The minimum absolute atomic E-state index is 0. The Bertz CT molecular complexity index is 705. The van der Waals surface area contributed by atoms with E-state index in [0.717, 1.165) is 30.4 Å². The molecular weight excluding hydrogens is 465 g/mol. The number of aryl methyl sites for hydroxylation is 1. The molecule has 1 heterocycles. The molecule has 28 heavy (non-hydrogen) atoms. The monoisotopic (exact) mass is 499 g/mol. The highest BCUT2D eigenvalue weighted by Crippen LogP contribution is 2.62. The predicted molar refractivity (Wildman–Crippen MR) is 124 cm³/mol. The molecule has 0 amide bonds. The lowest BCUT2D eigenvalue weighted by Gasteiger charge is -2.63. The maximum atomic E-state index is 6.05. The summed E-state index contributed by atoms with van der Waals surface area (Å²) in [7, 11) is 0. The number of nitrogens with zero attached hydrogens (tertiary/aromatic N) is 1.